The molecule has 7 heteroatoms. The van der Waals surface area contributed by atoms with Crippen molar-refractivity contribution in [1.29, 1.82) is 0 Å². The first-order valence-electron chi connectivity index (χ1n) is 11.6. The maximum absolute atomic E-state index is 12.7. The number of nitrogens with zero attached hydrogens (tertiary/aromatic N) is 3. The second-order valence-electron chi connectivity index (χ2n) is 8.56. The number of hydrogen-bond donors (Lipinski definition) is 0. The normalized spacial score (nSPS) is 16.0. The van der Waals surface area contributed by atoms with Gasteiger partial charge in [-0.3, -0.25) is 4.79 Å². The molecule has 1 aliphatic rings. The maximum Gasteiger partial charge on any atom is 0.232 e. The Kier molecular flexibility index (Phi) is 6.96. The number of amides is 1. The molecule has 1 fully saturated rings. The van der Waals surface area contributed by atoms with Crippen molar-refractivity contribution in [3.05, 3.63) is 59.5 Å². The summed E-state index contributed by atoms with van der Waals surface area (Å²) >= 11 is 0. The van der Waals surface area contributed by atoms with Gasteiger partial charge in [0.05, 0.1) is 19.1 Å². The summed E-state index contributed by atoms with van der Waals surface area (Å²) in [7, 11) is 0. The van der Waals surface area contributed by atoms with E-state index in [2.05, 4.69) is 36.1 Å². The molecule has 1 aliphatic heterocycles. The van der Waals surface area contributed by atoms with Crippen molar-refractivity contribution in [2.75, 3.05) is 19.8 Å². The van der Waals surface area contributed by atoms with Crippen LogP contribution in [0, 0.1) is 0 Å². The Labute approximate surface area is 194 Å². The monoisotopic (exact) mass is 449 g/mol. The summed E-state index contributed by atoms with van der Waals surface area (Å²) in [6.07, 6.45) is 0.364. The van der Waals surface area contributed by atoms with Crippen molar-refractivity contribution in [2.45, 2.75) is 52.5 Å². The van der Waals surface area contributed by atoms with Crippen molar-refractivity contribution in [3.63, 3.8) is 0 Å². The smallest absolute Gasteiger partial charge is 0.232 e. The lowest BCUT2D eigenvalue weighted by atomic mass is 10.0. The van der Waals surface area contributed by atoms with Gasteiger partial charge in [0.25, 0.3) is 0 Å². The molecular formula is C26H31N3O4. The fourth-order valence-electron chi connectivity index (χ4n) is 4.04. The zero-order valence-electron chi connectivity index (χ0n) is 19.7. The van der Waals surface area contributed by atoms with Crippen LogP contribution in [0.5, 0.6) is 11.5 Å². The summed E-state index contributed by atoms with van der Waals surface area (Å²) in [5, 5.41) is 4.15. The van der Waals surface area contributed by atoms with Crippen LogP contribution in [0.1, 0.15) is 63.0 Å². The van der Waals surface area contributed by atoms with Crippen LogP contribution in [0.25, 0.3) is 11.4 Å². The molecule has 1 unspecified atom stereocenters. The van der Waals surface area contributed by atoms with E-state index in [4.69, 9.17) is 14.0 Å². The number of aromatic nitrogens is 2. The van der Waals surface area contributed by atoms with Gasteiger partial charge in [-0.05, 0) is 43.0 Å². The van der Waals surface area contributed by atoms with Crippen LogP contribution in [-0.2, 0) is 11.3 Å². The third-order valence-electron chi connectivity index (χ3n) is 5.82. The highest BCUT2D eigenvalue weighted by Gasteiger charge is 2.34. The van der Waals surface area contributed by atoms with Gasteiger partial charge in [-0.2, -0.15) is 4.98 Å². The third-order valence-corrected chi connectivity index (χ3v) is 5.82. The summed E-state index contributed by atoms with van der Waals surface area (Å²) in [4.78, 5) is 19.1. The lowest BCUT2D eigenvalue weighted by Gasteiger charge is -2.18. The van der Waals surface area contributed by atoms with Gasteiger partial charge in [-0.25, -0.2) is 0 Å². The molecule has 1 aromatic heterocycles. The first-order valence-corrected chi connectivity index (χ1v) is 11.6. The highest BCUT2D eigenvalue weighted by molar-refractivity contribution is 5.79. The Morgan fingerprint density at radius 2 is 1.79 bits per heavy atom. The summed E-state index contributed by atoms with van der Waals surface area (Å²) in [5.74, 6) is 2.92. The van der Waals surface area contributed by atoms with Crippen molar-refractivity contribution < 1.29 is 18.8 Å². The molecule has 4 rings (SSSR count). The van der Waals surface area contributed by atoms with Crippen LogP contribution in [0.15, 0.2) is 47.0 Å². The van der Waals surface area contributed by atoms with Gasteiger partial charge in [0.1, 0.15) is 0 Å². The highest BCUT2D eigenvalue weighted by atomic mass is 16.5. The van der Waals surface area contributed by atoms with Crippen LogP contribution in [0.3, 0.4) is 0 Å². The van der Waals surface area contributed by atoms with Gasteiger partial charge in [-0.15, -0.1) is 0 Å². The molecule has 1 saturated heterocycles. The topological polar surface area (TPSA) is 77.7 Å². The summed E-state index contributed by atoms with van der Waals surface area (Å²) < 4.78 is 16.9. The van der Waals surface area contributed by atoms with Crippen LogP contribution in [0.4, 0.5) is 0 Å². The fraction of sp³-hybridized carbons (Fsp3) is 0.423. The molecule has 33 heavy (non-hydrogen) atoms. The minimum absolute atomic E-state index is 0.0767. The summed E-state index contributed by atoms with van der Waals surface area (Å²) in [6, 6.07) is 14.0. The van der Waals surface area contributed by atoms with E-state index in [-0.39, 0.29) is 11.8 Å². The first-order chi connectivity index (χ1) is 16.0. The summed E-state index contributed by atoms with van der Waals surface area (Å²) in [5.41, 5.74) is 3.17. The molecule has 2 heterocycles. The Morgan fingerprint density at radius 1 is 1.06 bits per heavy atom. The molecule has 174 valence electrons. The van der Waals surface area contributed by atoms with E-state index in [1.165, 1.54) is 5.56 Å². The zero-order chi connectivity index (χ0) is 23.4. The molecule has 1 atom stereocenters. The number of carbonyl (C=O) groups is 1. The number of hydrogen-bond acceptors (Lipinski definition) is 6. The second kappa shape index (κ2) is 10.1. The molecule has 2 aromatic carbocycles. The largest absolute Gasteiger partial charge is 0.490 e. The quantitative estimate of drug-likeness (QED) is 0.448. The van der Waals surface area contributed by atoms with Gasteiger partial charge in [0.2, 0.25) is 17.6 Å². The van der Waals surface area contributed by atoms with Gasteiger partial charge in [-0.1, -0.05) is 49.3 Å². The van der Waals surface area contributed by atoms with E-state index >= 15 is 0 Å². The maximum atomic E-state index is 12.7. The molecule has 0 bridgehead atoms. The van der Waals surface area contributed by atoms with Crippen molar-refractivity contribution in [1.82, 2.24) is 15.0 Å². The number of carbonyl (C=O) groups excluding carboxylic acids is 1. The minimum atomic E-state index is -0.109. The number of likely N-dealkylation sites (tertiary alicyclic amines) is 1. The van der Waals surface area contributed by atoms with Crippen LogP contribution < -0.4 is 9.47 Å². The average Bonchev–Trinajstić information content (AvgIpc) is 3.43. The molecule has 0 saturated carbocycles. The number of benzene rings is 2. The predicted octanol–water partition coefficient (Wildman–Crippen LogP) is 5.17. The molecule has 7 nitrogen and oxygen atoms in total. The molecular weight excluding hydrogens is 418 g/mol. The Balaban J connectivity index is 1.44. The average molecular weight is 450 g/mol. The number of rotatable bonds is 9. The van der Waals surface area contributed by atoms with E-state index in [9.17, 15) is 4.79 Å². The zero-order valence-corrected chi connectivity index (χ0v) is 19.7. The molecule has 3 aromatic rings. The van der Waals surface area contributed by atoms with Gasteiger partial charge in [0, 0.05) is 25.1 Å². The number of ether oxygens (including phenoxy) is 2. The van der Waals surface area contributed by atoms with Crippen molar-refractivity contribution in [3.8, 4) is 22.9 Å². The van der Waals surface area contributed by atoms with E-state index < -0.39 is 0 Å². The Morgan fingerprint density at radius 3 is 2.48 bits per heavy atom. The SMILES string of the molecule is CCOc1ccc(CN2CC(c3nc(-c4ccc(C(C)C)cc4)no3)CC2=O)cc1OCC. The van der Waals surface area contributed by atoms with Crippen molar-refractivity contribution in [2.24, 2.45) is 0 Å². The molecule has 0 N–H and O–H groups in total. The van der Waals surface area contributed by atoms with E-state index in [0.29, 0.717) is 61.9 Å². The van der Waals surface area contributed by atoms with Gasteiger partial charge >= 0.3 is 0 Å². The molecule has 0 aliphatic carbocycles. The Bertz CT molecular complexity index is 1090. The van der Waals surface area contributed by atoms with E-state index in [1.807, 2.05) is 49.1 Å². The van der Waals surface area contributed by atoms with Crippen molar-refractivity contribution >= 4 is 5.91 Å². The minimum Gasteiger partial charge on any atom is -0.490 e. The Hall–Kier alpha value is -3.35. The highest BCUT2D eigenvalue weighted by Crippen LogP contribution is 2.32. The lowest BCUT2D eigenvalue weighted by Crippen LogP contribution is -2.24. The van der Waals surface area contributed by atoms with Gasteiger partial charge < -0.3 is 18.9 Å². The second-order valence-corrected chi connectivity index (χ2v) is 8.56. The molecule has 0 spiro atoms. The summed E-state index contributed by atoms with van der Waals surface area (Å²) in [6.45, 7) is 10.4. The first kappa shape index (κ1) is 22.8. The lowest BCUT2D eigenvalue weighted by molar-refractivity contribution is -0.128. The predicted molar refractivity (Wildman–Crippen MR) is 125 cm³/mol. The van der Waals surface area contributed by atoms with E-state index in [0.717, 1.165) is 11.1 Å². The van der Waals surface area contributed by atoms with E-state index in [1.54, 1.807) is 0 Å². The van der Waals surface area contributed by atoms with Crippen LogP contribution in [0.2, 0.25) is 0 Å². The standard InChI is InChI=1S/C26H31N3O4/c1-5-31-22-12-7-18(13-23(22)32-6-2)15-29-16-21(14-24(29)30)26-27-25(28-33-26)20-10-8-19(9-11-20)17(3)4/h7-13,17,21H,5-6,14-16H2,1-4H3. The fourth-order valence-corrected chi connectivity index (χ4v) is 4.04. The van der Waals surface area contributed by atoms with Gasteiger partial charge in [0.15, 0.2) is 11.5 Å². The van der Waals surface area contributed by atoms with Crippen LogP contribution >= 0.6 is 0 Å². The molecule has 1 amide bonds. The van der Waals surface area contributed by atoms with Crippen LogP contribution in [-0.4, -0.2) is 40.7 Å². The molecule has 0 radical (unpaired) electrons. The third kappa shape index (κ3) is 5.18.